The number of fused-ring (bicyclic) bond motifs is 1. The zero-order valence-corrected chi connectivity index (χ0v) is 12.8. The van der Waals surface area contributed by atoms with Crippen molar-refractivity contribution < 1.29 is 10.0 Å². The Hall–Kier alpha value is -2.86. The second kappa shape index (κ2) is 6.50. The minimum atomic E-state index is -0.533. The number of rotatable bonds is 5. The average Bonchev–Trinajstić information content (AvgIpc) is 2.93. The van der Waals surface area contributed by atoms with Crippen LogP contribution in [-0.4, -0.2) is 20.7 Å². The summed E-state index contributed by atoms with van der Waals surface area (Å²) in [4.78, 5) is 16.0. The highest BCUT2D eigenvalue weighted by molar-refractivity contribution is 5.93. The van der Waals surface area contributed by atoms with E-state index in [0.717, 1.165) is 35.6 Å². The number of nitrogens with one attached hydrogen (secondary N) is 2. The highest BCUT2D eigenvalue weighted by atomic mass is 16.5. The van der Waals surface area contributed by atoms with E-state index in [-0.39, 0.29) is 0 Å². The van der Waals surface area contributed by atoms with Crippen molar-refractivity contribution in [3.63, 3.8) is 0 Å². The number of aryl methyl sites for hydroxylation is 1. The summed E-state index contributed by atoms with van der Waals surface area (Å²) in [6.45, 7) is 2.99. The quantitative estimate of drug-likeness (QED) is 0.499. The number of hydrogen-bond donors (Lipinski definition) is 3. The molecule has 3 N–H and O–H groups in total. The van der Waals surface area contributed by atoms with Gasteiger partial charge in [-0.2, -0.15) is 0 Å². The minimum Gasteiger partial charge on any atom is -0.326 e. The van der Waals surface area contributed by atoms with E-state index in [0.29, 0.717) is 5.56 Å². The molecule has 1 heterocycles. The fourth-order valence-electron chi connectivity index (χ4n) is 2.52. The third-order valence-corrected chi connectivity index (χ3v) is 3.61. The number of anilines is 2. The normalized spacial score (nSPS) is 10.7. The Morgan fingerprint density at radius 3 is 2.61 bits per heavy atom. The molecule has 118 valence electrons. The first kappa shape index (κ1) is 15.1. The maximum atomic E-state index is 11.3. The lowest BCUT2D eigenvalue weighted by molar-refractivity contribution is 0.0706. The summed E-state index contributed by atoms with van der Waals surface area (Å²) in [5.41, 5.74) is 4.87. The van der Waals surface area contributed by atoms with Crippen molar-refractivity contribution in [2.45, 2.75) is 19.9 Å². The van der Waals surface area contributed by atoms with Gasteiger partial charge >= 0.3 is 0 Å². The maximum Gasteiger partial charge on any atom is 0.274 e. The van der Waals surface area contributed by atoms with Crippen LogP contribution < -0.4 is 10.8 Å². The third-order valence-electron chi connectivity index (χ3n) is 3.61. The summed E-state index contributed by atoms with van der Waals surface area (Å²) in [5.74, 6) is 0.238. The predicted molar refractivity (Wildman–Crippen MR) is 89.0 cm³/mol. The largest absolute Gasteiger partial charge is 0.326 e. The van der Waals surface area contributed by atoms with E-state index >= 15 is 0 Å². The molecule has 6 heteroatoms. The van der Waals surface area contributed by atoms with Crippen LogP contribution >= 0.6 is 0 Å². The maximum absolute atomic E-state index is 11.3. The minimum absolute atomic E-state index is 0.389. The molecule has 0 radical (unpaired) electrons. The number of carbonyl (C=O) groups is 1. The molecule has 2 aromatic carbocycles. The standard InChI is InChI=1S/C17H18N4O2/c1-2-11-21-15-6-4-3-5-14(15)19-17(21)18-13-9-7-12(8-10-13)16(22)20-23/h3-10,23H,2,11H2,1H3,(H,18,19)(H,20,22). The molecule has 0 atom stereocenters. The zero-order chi connectivity index (χ0) is 16.2. The lowest BCUT2D eigenvalue weighted by Crippen LogP contribution is -2.18. The van der Waals surface area contributed by atoms with E-state index in [1.54, 1.807) is 29.7 Å². The summed E-state index contributed by atoms with van der Waals surface area (Å²) in [6, 6.07) is 14.8. The van der Waals surface area contributed by atoms with Crippen LogP contribution in [0.15, 0.2) is 48.5 Å². The molecule has 0 spiro atoms. The molecule has 0 unspecified atom stereocenters. The number of hydroxylamine groups is 1. The first-order chi connectivity index (χ1) is 11.2. The summed E-state index contributed by atoms with van der Waals surface area (Å²) < 4.78 is 2.14. The second-order valence-corrected chi connectivity index (χ2v) is 5.22. The van der Waals surface area contributed by atoms with Gasteiger partial charge in [-0.3, -0.25) is 10.0 Å². The summed E-state index contributed by atoms with van der Waals surface area (Å²) in [6.07, 6.45) is 1.00. The smallest absolute Gasteiger partial charge is 0.274 e. The van der Waals surface area contributed by atoms with Crippen LogP contribution in [0.3, 0.4) is 0 Å². The molecule has 0 aliphatic rings. The Morgan fingerprint density at radius 2 is 1.91 bits per heavy atom. The van der Waals surface area contributed by atoms with Crippen LogP contribution in [0.1, 0.15) is 23.7 Å². The number of para-hydroxylation sites is 2. The SMILES string of the molecule is CCCn1c(Nc2ccc(C(=O)NO)cc2)nc2ccccc21. The molecule has 0 saturated carbocycles. The predicted octanol–water partition coefficient (Wildman–Crippen LogP) is 3.31. The van der Waals surface area contributed by atoms with Crippen LogP contribution in [0.5, 0.6) is 0 Å². The molecule has 1 aromatic heterocycles. The van der Waals surface area contributed by atoms with Crippen LogP contribution in [0, 0.1) is 0 Å². The Morgan fingerprint density at radius 1 is 1.17 bits per heavy atom. The molecule has 0 fully saturated rings. The number of amides is 1. The Balaban J connectivity index is 1.91. The summed E-state index contributed by atoms with van der Waals surface area (Å²) in [7, 11) is 0. The van der Waals surface area contributed by atoms with E-state index in [9.17, 15) is 4.79 Å². The number of hydrogen-bond acceptors (Lipinski definition) is 4. The first-order valence-electron chi connectivity index (χ1n) is 7.49. The lowest BCUT2D eigenvalue weighted by Gasteiger charge is -2.10. The van der Waals surface area contributed by atoms with Crippen molar-refractivity contribution in [1.82, 2.24) is 15.0 Å². The van der Waals surface area contributed by atoms with Crippen LogP contribution in [0.4, 0.5) is 11.6 Å². The van der Waals surface area contributed by atoms with Crippen molar-refractivity contribution in [2.75, 3.05) is 5.32 Å². The fraction of sp³-hybridized carbons (Fsp3) is 0.176. The van der Waals surface area contributed by atoms with E-state index in [1.165, 1.54) is 0 Å². The number of nitrogens with zero attached hydrogens (tertiary/aromatic N) is 2. The molecule has 0 aliphatic carbocycles. The van der Waals surface area contributed by atoms with Crippen molar-refractivity contribution in [3.05, 3.63) is 54.1 Å². The van der Waals surface area contributed by atoms with Crippen LogP contribution in [0.2, 0.25) is 0 Å². The molecule has 23 heavy (non-hydrogen) atoms. The highest BCUT2D eigenvalue weighted by Crippen LogP contribution is 2.23. The van der Waals surface area contributed by atoms with Gasteiger partial charge in [0.2, 0.25) is 5.95 Å². The molecule has 1 amide bonds. The van der Waals surface area contributed by atoms with Gasteiger partial charge in [0.25, 0.3) is 5.91 Å². The molecular weight excluding hydrogens is 292 g/mol. The first-order valence-corrected chi connectivity index (χ1v) is 7.49. The third kappa shape index (κ3) is 3.02. The van der Waals surface area contributed by atoms with E-state index in [2.05, 4.69) is 27.9 Å². The fourth-order valence-corrected chi connectivity index (χ4v) is 2.52. The van der Waals surface area contributed by atoms with Gasteiger partial charge in [-0.05, 0) is 42.8 Å². The van der Waals surface area contributed by atoms with Gasteiger partial charge in [0.05, 0.1) is 11.0 Å². The molecular formula is C17H18N4O2. The average molecular weight is 310 g/mol. The number of aromatic nitrogens is 2. The second-order valence-electron chi connectivity index (χ2n) is 5.22. The summed E-state index contributed by atoms with van der Waals surface area (Å²) >= 11 is 0. The van der Waals surface area contributed by atoms with E-state index in [1.807, 2.05) is 18.2 Å². The molecule has 0 aliphatic heterocycles. The van der Waals surface area contributed by atoms with E-state index in [4.69, 9.17) is 5.21 Å². The van der Waals surface area contributed by atoms with Crippen molar-refractivity contribution in [1.29, 1.82) is 0 Å². The monoisotopic (exact) mass is 310 g/mol. The van der Waals surface area contributed by atoms with Crippen LogP contribution in [0.25, 0.3) is 11.0 Å². The summed E-state index contributed by atoms with van der Waals surface area (Å²) in [5, 5.41) is 11.9. The molecule has 3 aromatic rings. The number of imidazole rings is 1. The Labute approximate surface area is 133 Å². The van der Waals surface area contributed by atoms with Gasteiger partial charge in [-0.1, -0.05) is 19.1 Å². The van der Waals surface area contributed by atoms with Crippen LogP contribution in [-0.2, 0) is 6.54 Å². The van der Waals surface area contributed by atoms with Crippen molar-refractivity contribution in [3.8, 4) is 0 Å². The topological polar surface area (TPSA) is 79.2 Å². The molecule has 0 bridgehead atoms. The Kier molecular flexibility index (Phi) is 4.25. The lowest BCUT2D eigenvalue weighted by atomic mass is 10.2. The van der Waals surface area contributed by atoms with Gasteiger partial charge in [0.1, 0.15) is 0 Å². The van der Waals surface area contributed by atoms with E-state index < -0.39 is 5.91 Å². The molecule has 3 rings (SSSR count). The number of benzene rings is 2. The molecule has 6 nitrogen and oxygen atoms in total. The highest BCUT2D eigenvalue weighted by Gasteiger charge is 2.10. The van der Waals surface area contributed by atoms with Gasteiger partial charge in [0, 0.05) is 17.8 Å². The Bertz CT molecular complexity index is 824. The zero-order valence-electron chi connectivity index (χ0n) is 12.8. The van der Waals surface area contributed by atoms with Gasteiger partial charge < -0.3 is 9.88 Å². The van der Waals surface area contributed by atoms with Crippen molar-refractivity contribution >= 4 is 28.6 Å². The molecule has 0 saturated heterocycles. The van der Waals surface area contributed by atoms with Gasteiger partial charge in [-0.15, -0.1) is 0 Å². The van der Waals surface area contributed by atoms with Gasteiger partial charge in [0.15, 0.2) is 0 Å². The van der Waals surface area contributed by atoms with Crippen molar-refractivity contribution in [2.24, 2.45) is 0 Å². The van der Waals surface area contributed by atoms with Gasteiger partial charge in [-0.25, -0.2) is 10.5 Å². The number of carbonyl (C=O) groups excluding carboxylic acids is 1.